The number of fused-ring (bicyclic) bond motifs is 1. The van der Waals surface area contributed by atoms with E-state index in [1.807, 2.05) is 6.07 Å². The third-order valence-electron chi connectivity index (χ3n) is 2.63. The fraction of sp³-hybridized carbons (Fsp3) is 0. The molecule has 0 radical (unpaired) electrons. The quantitative estimate of drug-likeness (QED) is 0.438. The molecule has 0 spiro atoms. The van der Waals surface area contributed by atoms with E-state index in [1.165, 1.54) is 11.3 Å². The van der Waals surface area contributed by atoms with Gasteiger partial charge in [-0.25, -0.2) is 0 Å². The summed E-state index contributed by atoms with van der Waals surface area (Å²) in [6.45, 7) is 0. The minimum atomic E-state index is -0.252. The summed E-state index contributed by atoms with van der Waals surface area (Å²) in [7, 11) is 0. The lowest BCUT2D eigenvalue weighted by Crippen LogP contribution is -2.00. The molecule has 1 aliphatic rings. The Morgan fingerprint density at radius 3 is 2.42 bits per heavy atom. The van der Waals surface area contributed by atoms with Gasteiger partial charge < -0.3 is 0 Å². The van der Waals surface area contributed by atoms with Crippen molar-refractivity contribution in [2.45, 2.75) is 0 Å². The zero-order valence-corrected chi connectivity index (χ0v) is 14.6. The van der Waals surface area contributed by atoms with Gasteiger partial charge >= 0.3 is 0 Å². The standard InChI is InChI=1S/C12H3Br2ClO2S2/c13-7-2-4(12(14)18-7)1-5-9(16)6-3-8(15)19-11(6)10(5)17/h1-3H/b5-1-. The van der Waals surface area contributed by atoms with Crippen LogP contribution in [-0.4, -0.2) is 11.6 Å². The van der Waals surface area contributed by atoms with Crippen molar-refractivity contribution in [2.24, 2.45) is 0 Å². The zero-order valence-electron chi connectivity index (χ0n) is 9.00. The first kappa shape index (κ1) is 13.7. The number of hydrogen-bond donors (Lipinski definition) is 0. The predicted octanol–water partition coefficient (Wildman–Crippen LogP) is 5.45. The second-order valence-corrected chi connectivity index (χ2v) is 9.22. The van der Waals surface area contributed by atoms with Crippen LogP contribution in [0.2, 0.25) is 4.34 Å². The molecule has 0 atom stereocenters. The molecule has 0 fully saturated rings. The Hall–Kier alpha value is -0.270. The summed E-state index contributed by atoms with van der Waals surface area (Å²) in [5, 5.41) is 0. The largest absolute Gasteiger partial charge is 0.288 e. The molecule has 2 heterocycles. The maximum Gasteiger partial charge on any atom is 0.207 e. The number of allylic oxidation sites excluding steroid dienone is 1. The molecule has 0 amide bonds. The molecule has 7 heteroatoms. The third kappa shape index (κ3) is 2.29. The second kappa shape index (κ2) is 4.93. The highest BCUT2D eigenvalue weighted by Crippen LogP contribution is 2.38. The predicted molar refractivity (Wildman–Crippen MR) is 85.7 cm³/mol. The van der Waals surface area contributed by atoms with Gasteiger partial charge in [0.05, 0.1) is 22.4 Å². The van der Waals surface area contributed by atoms with Crippen molar-refractivity contribution in [3.05, 3.63) is 45.6 Å². The SMILES string of the molecule is O=C1/C(=C/c2cc(Br)sc2Br)C(=O)c2sc(Cl)cc21. The van der Waals surface area contributed by atoms with Crippen LogP contribution in [0, 0.1) is 0 Å². The highest BCUT2D eigenvalue weighted by molar-refractivity contribution is 9.12. The smallest absolute Gasteiger partial charge is 0.207 e. The lowest BCUT2D eigenvalue weighted by molar-refractivity contribution is 0.0991. The number of rotatable bonds is 1. The van der Waals surface area contributed by atoms with E-state index in [9.17, 15) is 9.59 Å². The Kier molecular flexibility index (Phi) is 3.55. The topological polar surface area (TPSA) is 34.1 Å². The number of thiophene rings is 2. The Bertz CT molecular complexity index is 722. The van der Waals surface area contributed by atoms with Crippen molar-refractivity contribution in [1.82, 2.24) is 0 Å². The minimum Gasteiger partial charge on any atom is -0.288 e. The number of Topliss-reactive ketones (excluding diaryl/α,β-unsaturated/α-hetero) is 2. The number of carbonyl (C=O) groups is 2. The van der Waals surface area contributed by atoms with Crippen LogP contribution in [0.5, 0.6) is 0 Å². The van der Waals surface area contributed by atoms with E-state index < -0.39 is 0 Å². The van der Waals surface area contributed by atoms with Crippen molar-refractivity contribution >= 4 is 83.8 Å². The summed E-state index contributed by atoms with van der Waals surface area (Å²) in [6.07, 6.45) is 1.62. The molecular weight excluding hydrogens is 436 g/mol. The van der Waals surface area contributed by atoms with E-state index in [1.54, 1.807) is 12.1 Å². The van der Waals surface area contributed by atoms with Gasteiger partial charge in [-0.05, 0) is 50.1 Å². The number of carbonyl (C=O) groups excluding carboxylic acids is 2. The highest BCUT2D eigenvalue weighted by atomic mass is 79.9. The number of hydrogen-bond acceptors (Lipinski definition) is 4. The van der Waals surface area contributed by atoms with Gasteiger partial charge in [0, 0.05) is 11.1 Å². The Morgan fingerprint density at radius 1 is 1.11 bits per heavy atom. The minimum absolute atomic E-state index is 0.198. The molecule has 1 aliphatic carbocycles. The average Bonchev–Trinajstić information content (AvgIpc) is 2.92. The van der Waals surface area contributed by atoms with Crippen LogP contribution in [0.25, 0.3) is 6.08 Å². The van der Waals surface area contributed by atoms with Gasteiger partial charge in [-0.2, -0.15) is 0 Å². The molecule has 96 valence electrons. The molecule has 0 unspecified atom stereocenters. The van der Waals surface area contributed by atoms with Gasteiger partial charge in [-0.1, -0.05) is 11.6 Å². The van der Waals surface area contributed by atoms with E-state index in [2.05, 4.69) is 31.9 Å². The number of halogens is 3. The average molecular weight is 439 g/mol. The van der Waals surface area contributed by atoms with Crippen molar-refractivity contribution in [2.75, 3.05) is 0 Å². The Morgan fingerprint density at radius 2 is 1.84 bits per heavy atom. The monoisotopic (exact) mass is 436 g/mol. The van der Waals surface area contributed by atoms with Crippen molar-refractivity contribution < 1.29 is 9.59 Å². The normalized spacial score (nSPS) is 16.5. The van der Waals surface area contributed by atoms with Crippen LogP contribution in [0.4, 0.5) is 0 Å². The molecule has 19 heavy (non-hydrogen) atoms. The van der Waals surface area contributed by atoms with Gasteiger partial charge in [0.1, 0.15) is 0 Å². The van der Waals surface area contributed by atoms with Crippen LogP contribution in [0.15, 0.2) is 25.3 Å². The molecule has 0 saturated carbocycles. The Labute approximate surface area is 138 Å². The summed E-state index contributed by atoms with van der Waals surface area (Å²) in [6, 6.07) is 3.42. The molecular formula is C12H3Br2ClO2S2. The van der Waals surface area contributed by atoms with Crippen LogP contribution in [0.1, 0.15) is 25.6 Å². The van der Waals surface area contributed by atoms with E-state index in [4.69, 9.17) is 11.6 Å². The van der Waals surface area contributed by atoms with E-state index in [0.29, 0.717) is 14.8 Å². The molecule has 2 nitrogen and oxygen atoms in total. The fourth-order valence-electron chi connectivity index (χ4n) is 1.81. The first-order valence-electron chi connectivity index (χ1n) is 5.02. The van der Waals surface area contributed by atoms with Crippen LogP contribution in [-0.2, 0) is 0 Å². The fourth-order valence-corrected chi connectivity index (χ4v) is 5.71. The first-order chi connectivity index (χ1) is 8.97. The Balaban J connectivity index is 2.09. The molecule has 0 saturated heterocycles. The van der Waals surface area contributed by atoms with Crippen LogP contribution >= 0.6 is 66.1 Å². The van der Waals surface area contributed by atoms with Gasteiger partial charge in [0.25, 0.3) is 0 Å². The van der Waals surface area contributed by atoms with Crippen molar-refractivity contribution in [1.29, 1.82) is 0 Å². The second-order valence-electron chi connectivity index (χ2n) is 3.79. The molecule has 3 rings (SSSR count). The summed E-state index contributed by atoms with van der Waals surface area (Å²) in [4.78, 5) is 24.8. The third-order valence-corrected chi connectivity index (χ3v) is 6.27. The summed E-state index contributed by atoms with van der Waals surface area (Å²) < 4.78 is 2.27. The van der Waals surface area contributed by atoms with E-state index in [-0.39, 0.29) is 17.1 Å². The molecule has 0 N–H and O–H groups in total. The first-order valence-corrected chi connectivity index (χ1v) is 8.62. The van der Waals surface area contributed by atoms with Gasteiger partial charge in [0.15, 0.2) is 5.78 Å². The molecule has 0 aliphatic heterocycles. The summed E-state index contributed by atoms with van der Waals surface area (Å²) in [5.74, 6) is -0.497. The lowest BCUT2D eigenvalue weighted by atomic mass is 10.1. The molecule has 2 aromatic heterocycles. The molecule has 2 aromatic rings. The maximum atomic E-state index is 12.2. The molecule has 0 bridgehead atoms. The van der Waals surface area contributed by atoms with Crippen molar-refractivity contribution in [3.63, 3.8) is 0 Å². The van der Waals surface area contributed by atoms with Crippen LogP contribution in [0.3, 0.4) is 0 Å². The summed E-state index contributed by atoms with van der Waals surface area (Å²) in [5.41, 5.74) is 1.43. The maximum absolute atomic E-state index is 12.2. The van der Waals surface area contributed by atoms with Gasteiger partial charge in [-0.15, -0.1) is 22.7 Å². The number of ketones is 2. The summed E-state index contributed by atoms with van der Waals surface area (Å²) >= 11 is 15.2. The van der Waals surface area contributed by atoms with Gasteiger partial charge in [-0.3, -0.25) is 9.59 Å². The van der Waals surface area contributed by atoms with E-state index >= 15 is 0 Å². The molecule has 0 aromatic carbocycles. The van der Waals surface area contributed by atoms with E-state index in [0.717, 1.165) is 24.5 Å². The van der Waals surface area contributed by atoms with Crippen LogP contribution < -0.4 is 0 Å². The van der Waals surface area contributed by atoms with Crippen molar-refractivity contribution in [3.8, 4) is 0 Å². The van der Waals surface area contributed by atoms with Gasteiger partial charge in [0.2, 0.25) is 5.78 Å². The zero-order chi connectivity index (χ0) is 13.7. The highest BCUT2D eigenvalue weighted by Gasteiger charge is 2.35. The lowest BCUT2D eigenvalue weighted by Gasteiger charge is -1.94.